The molecule has 4 rings (SSSR count). The number of ether oxygens (including phenoxy) is 1. The molecule has 0 atom stereocenters. The van der Waals surface area contributed by atoms with Crippen LogP contribution >= 0.6 is 11.3 Å². The number of rotatable bonds is 3. The average Bonchev–Trinajstić information content (AvgIpc) is 3.02. The first-order valence-electron chi connectivity index (χ1n) is 7.61. The Hall–Kier alpha value is -3.19. The average molecular weight is 370 g/mol. The third kappa shape index (κ3) is 3.04. The minimum atomic E-state index is -0.605. The van der Waals surface area contributed by atoms with Gasteiger partial charge in [-0.3, -0.25) is 0 Å². The summed E-state index contributed by atoms with van der Waals surface area (Å²) in [7, 11) is 0. The Morgan fingerprint density at radius 2 is 2.00 bits per heavy atom. The fraction of sp³-hybridized carbons (Fsp3) is 0.0526. The molecule has 1 N–H and O–H groups in total. The lowest BCUT2D eigenvalue weighted by Crippen LogP contribution is -2.06. The van der Waals surface area contributed by atoms with Crippen LogP contribution in [0.5, 0.6) is 5.75 Å². The SMILES string of the molecule is O=C(OCc1cc(=O)oc2cc(O)ccc12)c1cc2cc(F)ccc2s1. The van der Waals surface area contributed by atoms with Gasteiger partial charge in [0.25, 0.3) is 0 Å². The highest BCUT2D eigenvalue weighted by Crippen LogP contribution is 2.27. The molecule has 2 aromatic heterocycles. The monoisotopic (exact) mass is 370 g/mol. The zero-order valence-electron chi connectivity index (χ0n) is 13.2. The van der Waals surface area contributed by atoms with Gasteiger partial charge in [-0.25, -0.2) is 14.0 Å². The molecule has 0 bridgehead atoms. The summed E-state index contributed by atoms with van der Waals surface area (Å²) in [6, 6.07) is 11.5. The molecule has 0 aliphatic carbocycles. The quantitative estimate of drug-likeness (QED) is 0.432. The predicted molar refractivity (Wildman–Crippen MR) is 95.1 cm³/mol. The van der Waals surface area contributed by atoms with Crippen molar-refractivity contribution in [3.8, 4) is 5.75 Å². The molecule has 2 heterocycles. The van der Waals surface area contributed by atoms with E-state index in [4.69, 9.17) is 9.15 Å². The lowest BCUT2D eigenvalue weighted by molar-refractivity contribution is 0.0479. The van der Waals surface area contributed by atoms with Crippen LogP contribution in [0.2, 0.25) is 0 Å². The van der Waals surface area contributed by atoms with E-state index in [0.29, 0.717) is 21.2 Å². The van der Waals surface area contributed by atoms with Gasteiger partial charge in [0.2, 0.25) is 0 Å². The summed E-state index contributed by atoms with van der Waals surface area (Å²) in [5.41, 5.74) is 0.0733. The van der Waals surface area contributed by atoms with E-state index in [1.54, 1.807) is 18.2 Å². The molecule has 0 saturated heterocycles. The molecule has 0 unspecified atom stereocenters. The van der Waals surface area contributed by atoms with Crippen LogP contribution in [0.4, 0.5) is 4.39 Å². The van der Waals surface area contributed by atoms with Crippen LogP contribution in [0.3, 0.4) is 0 Å². The van der Waals surface area contributed by atoms with E-state index in [2.05, 4.69) is 0 Å². The highest BCUT2D eigenvalue weighted by atomic mass is 32.1. The Morgan fingerprint density at radius 1 is 1.15 bits per heavy atom. The summed E-state index contributed by atoms with van der Waals surface area (Å²) < 4.78 is 24.4. The molecule has 26 heavy (non-hydrogen) atoms. The third-order valence-corrected chi connectivity index (χ3v) is 4.95. The van der Waals surface area contributed by atoms with Crippen LogP contribution in [0, 0.1) is 5.82 Å². The van der Waals surface area contributed by atoms with E-state index in [-0.39, 0.29) is 23.8 Å². The van der Waals surface area contributed by atoms with Crippen molar-refractivity contribution >= 4 is 38.4 Å². The van der Waals surface area contributed by atoms with Crippen LogP contribution in [-0.2, 0) is 11.3 Å². The number of benzene rings is 2. The molecule has 0 saturated carbocycles. The van der Waals surface area contributed by atoms with Gasteiger partial charge in [0.1, 0.15) is 28.6 Å². The van der Waals surface area contributed by atoms with Gasteiger partial charge in [0.05, 0.1) is 0 Å². The van der Waals surface area contributed by atoms with Crippen molar-refractivity contribution in [2.75, 3.05) is 0 Å². The van der Waals surface area contributed by atoms with E-state index < -0.39 is 11.6 Å². The van der Waals surface area contributed by atoms with E-state index in [0.717, 1.165) is 4.70 Å². The Labute approximate surface area is 149 Å². The van der Waals surface area contributed by atoms with E-state index >= 15 is 0 Å². The second-order valence-electron chi connectivity index (χ2n) is 5.64. The topological polar surface area (TPSA) is 76.7 Å². The van der Waals surface area contributed by atoms with Gasteiger partial charge in [-0.2, -0.15) is 0 Å². The maximum Gasteiger partial charge on any atom is 0.348 e. The van der Waals surface area contributed by atoms with Crippen molar-refractivity contribution in [3.63, 3.8) is 0 Å². The van der Waals surface area contributed by atoms with Crippen LogP contribution in [0.15, 0.2) is 57.7 Å². The molecular formula is C19H11FO5S. The van der Waals surface area contributed by atoms with Crippen LogP contribution in [0.1, 0.15) is 15.2 Å². The van der Waals surface area contributed by atoms with Crippen molar-refractivity contribution < 1.29 is 23.4 Å². The summed E-state index contributed by atoms with van der Waals surface area (Å²) in [6.07, 6.45) is 0. The van der Waals surface area contributed by atoms with Crippen molar-refractivity contribution in [1.29, 1.82) is 0 Å². The molecule has 130 valence electrons. The highest BCUT2D eigenvalue weighted by molar-refractivity contribution is 7.20. The molecule has 0 fully saturated rings. The lowest BCUT2D eigenvalue weighted by Gasteiger charge is -2.06. The van der Waals surface area contributed by atoms with E-state index in [1.165, 1.54) is 41.7 Å². The fourth-order valence-corrected chi connectivity index (χ4v) is 3.60. The molecule has 4 aromatic rings. The number of fused-ring (bicyclic) bond motifs is 2. The first-order chi connectivity index (χ1) is 12.5. The number of aromatic hydroxyl groups is 1. The number of halogens is 1. The maximum absolute atomic E-state index is 13.3. The van der Waals surface area contributed by atoms with Gasteiger partial charge in [-0.05, 0) is 41.8 Å². The molecule has 7 heteroatoms. The highest BCUT2D eigenvalue weighted by Gasteiger charge is 2.14. The van der Waals surface area contributed by atoms with E-state index in [9.17, 15) is 19.1 Å². The normalized spacial score (nSPS) is 11.1. The Kier molecular flexibility index (Phi) is 3.93. The molecule has 0 aliphatic heterocycles. The van der Waals surface area contributed by atoms with Crippen molar-refractivity contribution in [2.45, 2.75) is 6.61 Å². The number of phenolic OH excluding ortho intramolecular Hbond substituents is 1. The molecular weight excluding hydrogens is 359 g/mol. The minimum absolute atomic E-state index is 0.0349. The summed E-state index contributed by atoms with van der Waals surface area (Å²) in [4.78, 5) is 24.3. The number of carbonyl (C=O) groups is 1. The minimum Gasteiger partial charge on any atom is -0.508 e. The number of hydrogen-bond donors (Lipinski definition) is 1. The first-order valence-corrected chi connectivity index (χ1v) is 8.43. The lowest BCUT2D eigenvalue weighted by atomic mass is 10.1. The van der Waals surface area contributed by atoms with Gasteiger partial charge < -0.3 is 14.3 Å². The second-order valence-corrected chi connectivity index (χ2v) is 6.72. The van der Waals surface area contributed by atoms with Crippen LogP contribution < -0.4 is 5.63 Å². The first kappa shape index (κ1) is 16.3. The largest absolute Gasteiger partial charge is 0.508 e. The summed E-state index contributed by atoms with van der Waals surface area (Å²) in [6.45, 7) is -0.131. The molecule has 0 radical (unpaired) electrons. The summed E-state index contributed by atoms with van der Waals surface area (Å²) >= 11 is 1.20. The number of thiophene rings is 1. The Bertz CT molecular complexity index is 1210. The molecule has 0 amide bonds. The smallest absolute Gasteiger partial charge is 0.348 e. The second kappa shape index (κ2) is 6.27. The molecule has 2 aromatic carbocycles. The molecule has 0 spiro atoms. The van der Waals surface area contributed by atoms with Crippen molar-refractivity contribution in [2.24, 2.45) is 0 Å². The summed E-state index contributed by atoms with van der Waals surface area (Å²) in [5.74, 6) is -0.972. The Morgan fingerprint density at radius 3 is 2.85 bits per heavy atom. The molecule has 5 nitrogen and oxygen atoms in total. The number of esters is 1. The number of hydrogen-bond acceptors (Lipinski definition) is 6. The van der Waals surface area contributed by atoms with Crippen molar-refractivity contribution in [1.82, 2.24) is 0 Å². The van der Waals surface area contributed by atoms with Gasteiger partial charge in [0.15, 0.2) is 0 Å². The van der Waals surface area contributed by atoms with Crippen LogP contribution in [-0.4, -0.2) is 11.1 Å². The number of phenols is 1. The fourth-order valence-electron chi connectivity index (χ4n) is 2.67. The molecule has 0 aliphatic rings. The van der Waals surface area contributed by atoms with Crippen LogP contribution in [0.25, 0.3) is 21.1 Å². The predicted octanol–water partition coefficient (Wildman–Crippen LogP) is 4.21. The standard InChI is InChI=1S/C19H11FO5S/c20-12-1-4-16-10(5-12)6-17(26-16)19(23)24-9-11-7-18(22)25-15-8-13(21)2-3-14(11)15/h1-8,21H,9H2. The van der Waals surface area contributed by atoms with Gasteiger partial charge >= 0.3 is 11.6 Å². The van der Waals surface area contributed by atoms with Gasteiger partial charge in [-0.15, -0.1) is 11.3 Å². The third-order valence-electron chi connectivity index (χ3n) is 3.85. The van der Waals surface area contributed by atoms with Crippen molar-refractivity contribution in [3.05, 3.63) is 75.2 Å². The van der Waals surface area contributed by atoms with E-state index in [1.807, 2.05) is 0 Å². The Balaban J connectivity index is 1.61. The zero-order valence-corrected chi connectivity index (χ0v) is 14.0. The summed E-state index contributed by atoms with van der Waals surface area (Å²) in [5, 5.41) is 10.7. The van der Waals surface area contributed by atoms with Gasteiger partial charge in [0, 0.05) is 27.8 Å². The maximum atomic E-state index is 13.3. The zero-order chi connectivity index (χ0) is 18.3. The number of carbonyl (C=O) groups excluding carboxylic acids is 1. The van der Waals surface area contributed by atoms with Gasteiger partial charge in [-0.1, -0.05) is 0 Å².